The zero-order chi connectivity index (χ0) is 26.6. The van der Waals surface area contributed by atoms with Gasteiger partial charge in [0.15, 0.2) is 0 Å². The molecule has 0 saturated carbocycles. The van der Waals surface area contributed by atoms with Crippen LogP contribution in [0.4, 0.5) is 5.69 Å². The molecule has 0 radical (unpaired) electrons. The van der Waals surface area contributed by atoms with Crippen LogP contribution in [-0.2, 0) is 0 Å². The van der Waals surface area contributed by atoms with Gasteiger partial charge in [-0.15, -0.1) is 11.3 Å². The standard InChI is InChI=1S/C29H20Cl2N4O2S/c1-17(18-10-12-20(13-11-18)32-29(37)25-14-15-26(31)38-25)34-35-28(36)22-16-24(19-6-3-2-4-7-19)33-27-21(22)8-5-9-23(27)30/h2-16H,1H3,(H,32,37)(H,35,36). The molecule has 5 aromatic rings. The van der Waals surface area contributed by atoms with Gasteiger partial charge in [-0.2, -0.15) is 5.10 Å². The lowest BCUT2D eigenvalue weighted by Crippen LogP contribution is -2.20. The number of carbonyl (C=O) groups is 2. The Labute approximate surface area is 232 Å². The van der Waals surface area contributed by atoms with E-state index >= 15 is 0 Å². The van der Waals surface area contributed by atoms with Gasteiger partial charge in [-0.1, -0.05) is 77.8 Å². The van der Waals surface area contributed by atoms with Gasteiger partial charge in [-0.25, -0.2) is 10.4 Å². The van der Waals surface area contributed by atoms with E-state index < -0.39 is 0 Å². The van der Waals surface area contributed by atoms with E-state index in [4.69, 9.17) is 28.2 Å². The number of benzene rings is 3. The Hall–Kier alpha value is -4.04. The number of hydrazone groups is 1. The molecule has 2 aromatic heterocycles. The zero-order valence-corrected chi connectivity index (χ0v) is 22.4. The fourth-order valence-corrected chi connectivity index (χ4v) is 5.00. The van der Waals surface area contributed by atoms with Crippen LogP contribution >= 0.6 is 34.5 Å². The SMILES string of the molecule is CC(=NNC(=O)c1cc(-c2ccccc2)nc2c(Cl)cccc12)c1ccc(NC(=O)c2ccc(Cl)s2)cc1. The van der Waals surface area contributed by atoms with E-state index in [-0.39, 0.29) is 11.8 Å². The second-order valence-corrected chi connectivity index (χ2v) is 10.5. The minimum atomic E-state index is -0.380. The first kappa shape index (κ1) is 25.6. The molecule has 188 valence electrons. The molecule has 0 fully saturated rings. The highest BCUT2D eigenvalue weighted by Crippen LogP contribution is 2.29. The molecule has 6 nitrogen and oxygen atoms in total. The summed E-state index contributed by atoms with van der Waals surface area (Å²) in [4.78, 5) is 30.8. The third-order valence-corrected chi connectivity index (χ3v) is 7.32. The van der Waals surface area contributed by atoms with E-state index in [9.17, 15) is 9.59 Å². The van der Waals surface area contributed by atoms with Crippen LogP contribution in [-0.4, -0.2) is 22.5 Å². The van der Waals surface area contributed by atoms with E-state index in [1.165, 1.54) is 11.3 Å². The monoisotopic (exact) mass is 558 g/mol. The first-order valence-corrected chi connectivity index (χ1v) is 13.1. The smallest absolute Gasteiger partial charge is 0.272 e. The molecule has 0 aliphatic carbocycles. The van der Waals surface area contributed by atoms with E-state index in [2.05, 4.69) is 15.8 Å². The molecule has 5 rings (SSSR count). The van der Waals surface area contributed by atoms with Gasteiger partial charge >= 0.3 is 0 Å². The van der Waals surface area contributed by atoms with Crippen molar-refractivity contribution in [3.05, 3.63) is 116 Å². The van der Waals surface area contributed by atoms with E-state index in [1.807, 2.05) is 48.5 Å². The van der Waals surface area contributed by atoms with Crippen LogP contribution < -0.4 is 10.7 Å². The topological polar surface area (TPSA) is 83.4 Å². The minimum absolute atomic E-state index is 0.230. The highest BCUT2D eigenvalue weighted by Gasteiger charge is 2.16. The van der Waals surface area contributed by atoms with Gasteiger partial charge in [0.05, 0.1) is 36.7 Å². The van der Waals surface area contributed by atoms with Crippen molar-refractivity contribution in [1.82, 2.24) is 10.4 Å². The number of anilines is 1. The van der Waals surface area contributed by atoms with E-state index in [0.717, 1.165) is 11.1 Å². The van der Waals surface area contributed by atoms with Crippen LogP contribution in [0.1, 0.15) is 32.5 Å². The summed E-state index contributed by atoms with van der Waals surface area (Å²) in [6, 6.07) is 27.2. The lowest BCUT2D eigenvalue weighted by atomic mass is 10.0. The normalized spacial score (nSPS) is 11.4. The highest BCUT2D eigenvalue weighted by atomic mass is 35.5. The second kappa shape index (κ2) is 11.1. The van der Waals surface area contributed by atoms with Crippen molar-refractivity contribution in [2.45, 2.75) is 6.92 Å². The lowest BCUT2D eigenvalue weighted by Gasteiger charge is -2.10. The zero-order valence-electron chi connectivity index (χ0n) is 20.0. The molecule has 2 amide bonds. The first-order valence-electron chi connectivity index (χ1n) is 11.6. The number of halogens is 2. The number of hydrogen-bond acceptors (Lipinski definition) is 5. The predicted molar refractivity (Wildman–Crippen MR) is 156 cm³/mol. The third kappa shape index (κ3) is 5.60. The summed E-state index contributed by atoms with van der Waals surface area (Å²) in [6.45, 7) is 1.79. The van der Waals surface area contributed by atoms with Gasteiger partial charge in [0, 0.05) is 16.6 Å². The molecule has 2 heterocycles. The Morgan fingerprint density at radius 2 is 1.63 bits per heavy atom. The number of carbonyl (C=O) groups excluding carboxylic acids is 2. The minimum Gasteiger partial charge on any atom is -0.321 e. The number of amides is 2. The molecule has 38 heavy (non-hydrogen) atoms. The van der Waals surface area contributed by atoms with Crippen molar-refractivity contribution >= 4 is 68.7 Å². The number of para-hydroxylation sites is 1. The molecule has 9 heteroatoms. The molecule has 0 aliphatic rings. The molecule has 0 saturated heterocycles. The average Bonchev–Trinajstić information content (AvgIpc) is 3.38. The van der Waals surface area contributed by atoms with E-state index in [1.54, 1.807) is 49.4 Å². The molecule has 2 N–H and O–H groups in total. The summed E-state index contributed by atoms with van der Waals surface area (Å²) >= 11 is 13.6. The number of rotatable bonds is 6. The van der Waals surface area contributed by atoms with Crippen LogP contribution in [0.5, 0.6) is 0 Å². The molecule has 0 unspecified atom stereocenters. The largest absolute Gasteiger partial charge is 0.321 e. The summed E-state index contributed by atoms with van der Waals surface area (Å²) in [7, 11) is 0. The molecule has 0 bridgehead atoms. The van der Waals surface area contributed by atoms with Gasteiger partial charge in [0.25, 0.3) is 11.8 Å². The van der Waals surface area contributed by atoms with Gasteiger partial charge in [0.2, 0.25) is 0 Å². The number of fused-ring (bicyclic) bond motifs is 1. The Morgan fingerprint density at radius 3 is 2.34 bits per heavy atom. The van der Waals surface area contributed by atoms with Crippen LogP contribution in [0.25, 0.3) is 22.2 Å². The molecule has 3 aromatic carbocycles. The fraction of sp³-hybridized carbons (Fsp3) is 0.0345. The Balaban J connectivity index is 1.35. The number of pyridine rings is 1. The van der Waals surface area contributed by atoms with Crippen molar-refractivity contribution in [2.24, 2.45) is 5.10 Å². The summed E-state index contributed by atoms with van der Waals surface area (Å²) in [5.41, 5.74) is 7.15. The maximum Gasteiger partial charge on any atom is 0.272 e. The Morgan fingerprint density at radius 1 is 0.868 bits per heavy atom. The molecule has 0 spiro atoms. The van der Waals surface area contributed by atoms with Gasteiger partial charge in [0.1, 0.15) is 0 Å². The summed E-state index contributed by atoms with van der Waals surface area (Å²) in [5.74, 6) is -0.610. The van der Waals surface area contributed by atoms with Crippen molar-refractivity contribution in [3.63, 3.8) is 0 Å². The number of thiophene rings is 1. The number of hydrogen-bond donors (Lipinski definition) is 2. The van der Waals surface area contributed by atoms with Crippen molar-refractivity contribution < 1.29 is 9.59 Å². The van der Waals surface area contributed by atoms with Crippen LogP contribution in [0.15, 0.2) is 96.1 Å². The quantitative estimate of drug-likeness (QED) is 0.165. The fourth-order valence-electron chi connectivity index (χ4n) is 3.84. The number of aromatic nitrogens is 1. The first-order chi connectivity index (χ1) is 18.4. The maximum absolute atomic E-state index is 13.3. The number of nitrogens with zero attached hydrogens (tertiary/aromatic N) is 2. The lowest BCUT2D eigenvalue weighted by molar-refractivity contribution is 0.0955. The summed E-state index contributed by atoms with van der Waals surface area (Å²) < 4.78 is 0.554. The van der Waals surface area contributed by atoms with Crippen LogP contribution in [0, 0.1) is 0 Å². The molecule has 0 aliphatic heterocycles. The predicted octanol–water partition coefficient (Wildman–Crippen LogP) is 7.68. The average molecular weight is 559 g/mol. The number of nitrogens with one attached hydrogen (secondary N) is 2. The van der Waals surface area contributed by atoms with E-state index in [0.29, 0.717) is 47.8 Å². The van der Waals surface area contributed by atoms with Gasteiger partial charge in [-0.05, 0) is 48.9 Å². The molecular weight excluding hydrogens is 539 g/mol. The molecule has 0 atom stereocenters. The van der Waals surface area contributed by atoms with Crippen LogP contribution in [0.3, 0.4) is 0 Å². The third-order valence-electron chi connectivity index (χ3n) is 5.79. The second-order valence-electron chi connectivity index (χ2n) is 8.33. The summed E-state index contributed by atoms with van der Waals surface area (Å²) in [6.07, 6.45) is 0. The Bertz CT molecular complexity index is 1680. The van der Waals surface area contributed by atoms with Gasteiger partial charge in [-0.3, -0.25) is 9.59 Å². The van der Waals surface area contributed by atoms with Gasteiger partial charge < -0.3 is 5.32 Å². The Kier molecular flexibility index (Phi) is 7.51. The summed E-state index contributed by atoms with van der Waals surface area (Å²) in [5, 5.41) is 8.24. The van der Waals surface area contributed by atoms with Crippen molar-refractivity contribution in [2.75, 3.05) is 5.32 Å². The maximum atomic E-state index is 13.3. The molecular formula is C29H20Cl2N4O2S. The van der Waals surface area contributed by atoms with Crippen LogP contribution in [0.2, 0.25) is 9.36 Å². The highest BCUT2D eigenvalue weighted by molar-refractivity contribution is 7.18. The van der Waals surface area contributed by atoms with Crippen molar-refractivity contribution in [1.29, 1.82) is 0 Å². The van der Waals surface area contributed by atoms with Crippen molar-refractivity contribution in [3.8, 4) is 11.3 Å².